The number of hydrogen-bond acceptors (Lipinski definition) is 2. The highest BCUT2D eigenvalue weighted by atomic mass is 19.1. The molecule has 1 aromatic carbocycles. The molecule has 1 amide bonds. The molecule has 0 bridgehead atoms. The van der Waals surface area contributed by atoms with Gasteiger partial charge in [0.1, 0.15) is 11.5 Å². The fraction of sp³-hybridized carbons (Fsp3) is 0.286. The van der Waals surface area contributed by atoms with Crippen molar-refractivity contribution in [3.8, 4) is 11.3 Å². The molecule has 100 valence electrons. The van der Waals surface area contributed by atoms with E-state index in [0.29, 0.717) is 23.5 Å². The first-order valence-corrected chi connectivity index (χ1v) is 6.20. The second kappa shape index (κ2) is 5.65. The lowest BCUT2D eigenvalue weighted by molar-refractivity contribution is 0.0944. The van der Waals surface area contributed by atoms with Crippen molar-refractivity contribution in [3.63, 3.8) is 0 Å². The minimum atomic E-state index is -0.346. The van der Waals surface area contributed by atoms with Gasteiger partial charge in [-0.05, 0) is 24.6 Å². The Morgan fingerprint density at radius 2 is 2.16 bits per heavy atom. The van der Waals surface area contributed by atoms with E-state index in [2.05, 4.69) is 10.4 Å². The van der Waals surface area contributed by atoms with Crippen molar-refractivity contribution >= 4 is 5.91 Å². The molecule has 0 radical (unpaired) electrons. The van der Waals surface area contributed by atoms with Crippen LogP contribution in [0.2, 0.25) is 0 Å². The Labute approximate surface area is 111 Å². The summed E-state index contributed by atoms with van der Waals surface area (Å²) in [6, 6.07) is 7.98. The number of carbonyl (C=O) groups excluding carboxylic acids is 1. The Morgan fingerprint density at radius 3 is 2.84 bits per heavy atom. The van der Waals surface area contributed by atoms with E-state index in [-0.39, 0.29) is 11.7 Å². The van der Waals surface area contributed by atoms with Crippen molar-refractivity contribution in [2.75, 3.05) is 6.54 Å². The van der Waals surface area contributed by atoms with E-state index in [1.54, 1.807) is 31.3 Å². The number of aromatic nitrogens is 2. The predicted octanol–water partition coefficient (Wildman–Crippen LogP) is 2.37. The number of nitrogens with one attached hydrogen (secondary N) is 1. The molecule has 0 fully saturated rings. The zero-order valence-electron chi connectivity index (χ0n) is 11.0. The van der Waals surface area contributed by atoms with Gasteiger partial charge in [-0.15, -0.1) is 0 Å². The third kappa shape index (κ3) is 2.81. The number of hydrogen-bond donors (Lipinski definition) is 1. The lowest BCUT2D eigenvalue weighted by Gasteiger charge is -2.02. The standard InChI is InChI=1S/C14H16FN3O/c1-3-8-16-14(19)13-9-12(17-18(13)2)10-6-4-5-7-11(10)15/h4-7,9H,3,8H2,1-2H3,(H,16,19). The third-order valence-corrected chi connectivity index (χ3v) is 2.80. The summed E-state index contributed by atoms with van der Waals surface area (Å²) in [5.41, 5.74) is 1.28. The van der Waals surface area contributed by atoms with Crippen LogP contribution in [0.15, 0.2) is 30.3 Å². The molecule has 0 spiro atoms. The van der Waals surface area contributed by atoms with Crippen molar-refractivity contribution in [2.45, 2.75) is 13.3 Å². The summed E-state index contributed by atoms with van der Waals surface area (Å²) >= 11 is 0. The summed E-state index contributed by atoms with van der Waals surface area (Å²) < 4.78 is 15.1. The quantitative estimate of drug-likeness (QED) is 0.918. The molecule has 1 N–H and O–H groups in total. The molecule has 1 aromatic heterocycles. The minimum Gasteiger partial charge on any atom is -0.351 e. The highest BCUT2D eigenvalue weighted by Gasteiger charge is 2.15. The first-order chi connectivity index (χ1) is 9.13. The predicted molar refractivity (Wildman–Crippen MR) is 71.2 cm³/mol. The lowest BCUT2D eigenvalue weighted by Crippen LogP contribution is -2.26. The molecule has 0 saturated heterocycles. The molecule has 19 heavy (non-hydrogen) atoms. The van der Waals surface area contributed by atoms with Crippen molar-refractivity contribution in [2.24, 2.45) is 7.05 Å². The van der Waals surface area contributed by atoms with Crippen LogP contribution in [0.3, 0.4) is 0 Å². The third-order valence-electron chi connectivity index (χ3n) is 2.80. The number of carbonyl (C=O) groups is 1. The molecular weight excluding hydrogens is 245 g/mol. The topological polar surface area (TPSA) is 46.9 Å². The van der Waals surface area contributed by atoms with Crippen LogP contribution < -0.4 is 5.32 Å². The van der Waals surface area contributed by atoms with E-state index in [1.807, 2.05) is 6.92 Å². The Morgan fingerprint density at radius 1 is 1.42 bits per heavy atom. The highest BCUT2D eigenvalue weighted by molar-refractivity contribution is 5.93. The first kappa shape index (κ1) is 13.3. The van der Waals surface area contributed by atoms with Crippen LogP contribution in [0, 0.1) is 5.82 Å². The Kier molecular flexibility index (Phi) is 3.94. The minimum absolute atomic E-state index is 0.195. The molecule has 5 heteroatoms. The van der Waals surface area contributed by atoms with Crippen LogP contribution in [-0.4, -0.2) is 22.2 Å². The summed E-state index contributed by atoms with van der Waals surface area (Å²) in [6.07, 6.45) is 0.865. The van der Waals surface area contributed by atoms with Gasteiger partial charge in [-0.25, -0.2) is 4.39 Å². The number of rotatable bonds is 4. The Hall–Kier alpha value is -2.17. The van der Waals surface area contributed by atoms with Crippen LogP contribution >= 0.6 is 0 Å². The van der Waals surface area contributed by atoms with Crippen molar-refractivity contribution in [3.05, 3.63) is 41.8 Å². The van der Waals surface area contributed by atoms with Crippen molar-refractivity contribution < 1.29 is 9.18 Å². The average molecular weight is 261 g/mol. The zero-order chi connectivity index (χ0) is 13.8. The highest BCUT2D eigenvalue weighted by Crippen LogP contribution is 2.21. The molecule has 0 aliphatic heterocycles. The molecule has 1 heterocycles. The maximum absolute atomic E-state index is 13.7. The maximum Gasteiger partial charge on any atom is 0.269 e. The van der Waals surface area contributed by atoms with Gasteiger partial charge in [-0.1, -0.05) is 19.1 Å². The van der Waals surface area contributed by atoms with Gasteiger partial charge in [0.15, 0.2) is 0 Å². The molecule has 2 rings (SSSR count). The first-order valence-electron chi connectivity index (χ1n) is 6.20. The van der Waals surface area contributed by atoms with Gasteiger partial charge in [-0.3, -0.25) is 9.48 Å². The molecule has 4 nitrogen and oxygen atoms in total. The maximum atomic E-state index is 13.7. The second-order valence-corrected chi connectivity index (χ2v) is 4.27. The smallest absolute Gasteiger partial charge is 0.269 e. The van der Waals surface area contributed by atoms with Gasteiger partial charge in [0, 0.05) is 19.2 Å². The average Bonchev–Trinajstić information content (AvgIpc) is 2.78. The summed E-state index contributed by atoms with van der Waals surface area (Å²) in [5.74, 6) is -0.541. The summed E-state index contributed by atoms with van der Waals surface area (Å²) in [6.45, 7) is 2.59. The monoisotopic (exact) mass is 261 g/mol. The zero-order valence-corrected chi connectivity index (χ0v) is 11.0. The number of halogens is 1. The second-order valence-electron chi connectivity index (χ2n) is 4.27. The molecule has 0 aliphatic rings. The fourth-order valence-electron chi connectivity index (χ4n) is 1.81. The molecule has 0 unspecified atom stereocenters. The van der Waals surface area contributed by atoms with Gasteiger partial charge >= 0.3 is 0 Å². The van der Waals surface area contributed by atoms with E-state index < -0.39 is 0 Å². The van der Waals surface area contributed by atoms with Crippen LogP contribution in [0.25, 0.3) is 11.3 Å². The van der Waals surface area contributed by atoms with Gasteiger partial charge in [0.05, 0.1) is 5.69 Å². The fourth-order valence-corrected chi connectivity index (χ4v) is 1.81. The van der Waals surface area contributed by atoms with Crippen LogP contribution in [0.4, 0.5) is 4.39 Å². The number of amides is 1. The van der Waals surface area contributed by atoms with E-state index >= 15 is 0 Å². The van der Waals surface area contributed by atoms with Crippen molar-refractivity contribution in [1.29, 1.82) is 0 Å². The largest absolute Gasteiger partial charge is 0.351 e. The molecule has 2 aromatic rings. The number of nitrogens with zero attached hydrogens (tertiary/aromatic N) is 2. The summed E-state index contributed by atoms with van der Waals surface area (Å²) in [5, 5.41) is 6.96. The van der Waals surface area contributed by atoms with E-state index in [9.17, 15) is 9.18 Å². The number of aryl methyl sites for hydroxylation is 1. The van der Waals surface area contributed by atoms with Gasteiger partial charge in [0.2, 0.25) is 0 Å². The van der Waals surface area contributed by atoms with Crippen LogP contribution in [-0.2, 0) is 7.05 Å². The molecule has 0 atom stereocenters. The van der Waals surface area contributed by atoms with Gasteiger partial charge in [-0.2, -0.15) is 5.10 Å². The van der Waals surface area contributed by atoms with Crippen molar-refractivity contribution in [1.82, 2.24) is 15.1 Å². The summed E-state index contributed by atoms with van der Waals surface area (Å²) in [4.78, 5) is 11.9. The summed E-state index contributed by atoms with van der Waals surface area (Å²) in [7, 11) is 1.67. The van der Waals surface area contributed by atoms with Gasteiger partial charge < -0.3 is 5.32 Å². The van der Waals surface area contributed by atoms with E-state index in [4.69, 9.17) is 0 Å². The number of benzene rings is 1. The Balaban J connectivity index is 2.31. The van der Waals surface area contributed by atoms with E-state index in [1.165, 1.54) is 10.7 Å². The molecular formula is C14H16FN3O. The SMILES string of the molecule is CCCNC(=O)c1cc(-c2ccccc2F)nn1C. The van der Waals surface area contributed by atoms with Gasteiger partial charge in [0.25, 0.3) is 5.91 Å². The normalized spacial score (nSPS) is 10.5. The molecule has 0 saturated carbocycles. The molecule has 0 aliphatic carbocycles. The van der Waals surface area contributed by atoms with E-state index in [0.717, 1.165) is 6.42 Å². The lowest BCUT2D eigenvalue weighted by atomic mass is 10.1. The van der Waals surface area contributed by atoms with Crippen LogP contribution in [0.1, 0.15) is 23.8 Å². The van der Waals surface area contributed by atoms with Crippen LogP contribution in [0.5, 0.6) is 0 Å². The Bertz CT molecular complexity index is 592.